The van der Waals surface area contributed by atoms with E-state index in [1.807, 2.05) is 23.7 Å². The zero-order valence-corrected chi connectivity index (χ0v) is 11.1. The van der Waals surface area contributed by atoms with Gasteiger partial charge in [-0.05, 0) is 38.3 Å². The molecule has 0 spiro atoms. The highest BCUT2D eigenvalue weighted by Crippen LogP contribution is 2.14. The van der Waals surface area contributed by atoms with Gasteiger partial charge in [-0.3, -0.25) is 0 Å². The van der Waals surface area contributed by atoms with Crippen LogP contribution >= 0.6 is 0 Å². The van der Waals surface area contributed by atoms with Crippen molar-refractivity contribution >= 4 is 11.3 Å². The van der Waals surface area contributed by atoms with Crippen molar-refractivity contribution in [2.75, 3.05) is 18.4 Å². The van der Waals surface area contributed by atoms with Crippen LogP contribution in [0.3, 0.4) is 0 Å². The number of anilines is 1. The number of aryl methyl sites for hydroxylation is 1. The van der Waals surface area contributed by atoms with E-state index in [1.165, 1.54) is 0 Å². The average molecular weight is 247 g/mol. The van der Waals surface area contributed by atoms with Crippen molar-refractivity contribution in [2.24, 2.45) is 11.7 Å². The molecule has 2 aromatic heterocycles. The summed E-state index contributed by atoms with van der Waals surface area (Å²) in [5.74, 6) is 1.49. The Hall–Kier alpha value is -1.62. The van der Waals surface area contributed by atoms with Gasteiger partial charge in [-0.2, -0.15) is 5.10 Å². The highest BCUT2D eigenvalue weighted by Gasteiger charge is 2.05. The first-order chi connectivity index (χ1) is 8.70. The second-order valence-electron chi connectivity index (χ2n) is 4.80. The van der Waals surface area contributed by atoms with Crippen LogP contribution in [0.1, 0.15) is 25.5 Å². The lowest BCUT2D eigenvalue weighted by atomic mass is 10.1. The number of fused-ring (bicyclic) bond motifs is 1. The van der Waals surface area contributed by atoms with Gasteiger partial charge in [0.15, 0.2) is 5.82 Å². The summed E-state index contributed by atoms with van der Waals surface area (Å²) < 4.78 is 1.85. The van der Waals surface area contributed by atoms with Crippen LogP contribution in [-0.4, -0.2) is 27.7 Å². The molecule has 0 radical (unpaired) electrons. The van der Waals surface area contributed by atoms with Crippen LogP contribution in [0.2, 0.25) is 0 Å². The zero-order valence-electron chi connectivity index (χ0n) is 11.1. The molecule has 1 unspecified atom stereocenters. The largest absolute Gasteiger partial charge is 0.368 e. The molecule has 0 aliphatic rings. The smallest absolute Gasteiger partial charge is 0.152 e. The van der Waals surface area contributed by atoms with Crippen molar-refractivity contribution in [3.63, 3.8) is 0 Å². The lowest BCUT2D eigenvalue weighted by molar-refractivity contribution is 0.529. The Morgan fingerprint density at radius 3 is 3.11 bits per heavy atom. The summed E-state index contributed by atoms with van der Waals surface area (Å²) in [7, 11) is 0. The first kappa shape index (κ1) is 12.8. The topological polar surface area (TPSA) is 68.2 Å². The third-order valence-corrected chi connectivity index (χ3v) is 3.08. The van der Waals surface area contributed by atoms with E-state index in [9.17, 15) is 0 Å². The lowest BCUT2D eigenvalue weighted by Crippen LogP contribution is -2.12. The van der Waals surface area contributed by atoms with Crippen LogP contribution in [-0.2, 0) is 0 Å². The molecule has 2 aromatic rings. The highest BCUT2D eigenvalue weighted by atomic mass is 15.2. The molecular weight excluding hydrogens is 226 g/mol. The Balaban J connectivity index is 1.95. The van der Waals surface area contributed by atoms with E-state index in [0.717, 1.165) is 43.0 Å². The number of hydrogen-bond acceptors (Lipinski definition) is 4. The third kappa shape index (κ3) is 2.98. The molecule has 0 saturated heterocycles. The van der Waals surface area contributed by atoms with Crippen molar-refractivity contribution in [3.05, 3.63) is 24.2 Å². The summed E-state index contributed by atoms with van der Waals surface area (Å²) in [4.78, 5) is 4.36. The molecule has 0 fully saturated rings. The molecule has 0 saturated carbocycles. The normalized spacial score (nSPS) is 12.8. The summed E-state index contributed by atoms with van der Waals surface area (Å²) in [6, 6.07) is 2.04. The van der Waals surface area contributed by atoms with Gasteiger partial charge in [0.05, 0.1) is 5.69 Å². The Bertz CT molecular complexity index is 505. The fourth-order valence-electron chi connectivity index (χ4n) is 1.96. The molecular formula is C13H21N5. The summed E-state index contributed by atoms with van der Waals surface area (Å²) in [6.07, 6.45) is 5.88. The molecule has 98 valence electrons. The van der Waals surface area contributed by atoms with Crippen molar-refractivity contribution in [1.29, 1.82) is 0 Å². The summed E-state index contributed by atoms with van der Waals surface area (Å²) in [6.45, 7) is 5.84. The second-order valence-corrected chi connectivity index (χ2v) is 4.80. The Morgan fingerprint density at radius 1 is 1.50 bits per heavy atom. The van der Waals surface area contributed by atoms with Crippen molar-refractivity contribution in [1.82, 2.24) is 14.6 Å². The minimum Gasteiger partial charge on any atom is -0.368 e. The summed E-state index contributed by atoms with van der Waals surface area (Å²) in [5, 5.41) is 7.73. The van der Waals surface area contributed by atoms with Crippen LogP contribution in [0.4, 0.5) is 5.82 Å². The molecule has 5 nitrogen and oxygen atoms in total. The maximum absolute atomic E-state index is 5.60. The molecule has 2 heterocycles. The maximum Gasteiger partial charge on any atom is 0.152 e. The predicted octanol–water partition coefficient (Wildman–Crippen LogP) is 1.82. The monoisotopic (exact) mass is 247 g/mol. The molecule has 1 atom stereocenters. The fraction of sp³-hybridized carbons (Fsp3) is 0.538. The Labute approximate surface area is 107 Å². The van der Waals surface area contributed by atoms with Gasteiger partial charge in [0.1, 0.15) is 5.52 Å². The van der Waals surface area contributed by atoms with Crippen molar-refractivity contribution in [3.8, 4) is 0 Å². The number of hydrogen-bond donors (Lipinski definition) is 2. The van der Waals surface area contributed by atoms with Gasteiger partial charge in [-0.1, -0.05) is 6.92 Å². The number of nitrogens with one attached hydrogen (secondary N) is 1. The van der Waals surface area contributed by atoms with E-state index < -0.39 is 0 Å². The highest BCUT2D eigenvalue weighted by molar-refractivity contribution is 5.67. The minimum absolute atomic E-state index is 0.591. The number of aromatic nitrogens is 3. The summed E-state index contributed by atoms with van der Waals surface area (Å²) >= 11 is 0. The van der Waals surface area contributed by atoms with E-state index >= 15 is 0 Å². The second kappa shape index (κ2) is 5.82. The van der Waals surface area contributed by atoms with Gasteiger partial charge >= 0.3 is 0 Å². The van der Waals surface area contributed by atoms with Gasteiger partial charge < -0.3 is 11.1 Å². The molecule has 0 aliphatic carbocycles. The number of nitrogens with two attached hydrogens (primary N) is 1. The van der Waals surface area contributed by atoms with Crippen LogP contribution in [0.25, 0.3) is 5.52 Å². The molecule has 0 bridgehead atoms. The predicted molar refractivity (Wildman–Crippen MR) is 73.7 cm³/mol. The Kier molecular flexibility index (Phi) is 4.15. The van der Waals surface area contributed by atoms with E-state index in [0.29, 0.717) is 5.92 Å². The Morgan fingerprint density at radius 2 is 2.33 bits per heavy atom. The maximum atomic E-state index is 5.60. The van der Waals surface area contributed by atoms with E-state index in [-0.39, 0.29) is 0 Å². The number of rotatable bonds is 6. The molecule has 0 aliphatic heterocycles. The van der Waals surface area contributed by atoms with Gasteiger partial charge in [0.25, 0.3) is 0 Å². The number of nitrogens with zero attached hydrogens (tertiary/aromatic N) is 3. The van der Waals surface area contributed by atoms with Crippen LogP contribution < -0.4 is 11.1 Å². The lowest BCUT2D eigenvalue weighted by Gasteiger charge is -2.09. The third-order valence-electron chi connectivity index (χ3n) is 3.08. The molecule has 2 rings (SSSR count). The van der Waals surface area contributed by atoms with Gasteiger partial charge in [-0.25, -0.2) is 9.50 Å². The summed E-state index contributed by atoms with van der Waals surface area (Å²) in [5.41, 5.74) is 7.63. The van der Waals surface area contributed by atoms with E-state index in [2.05, 4.69) is 22.3 Å². The zero-order chi connectivity index (χ0) is 13.0. The van der Waals surface area contributed by atoms with E-state index in [4.69, 9.17) is 5.73 Å². The minimum atomic E-state index is 0.591. The first-order valence-corrected chi connectivity index (χ1v) is 6.45. The standard InChI is InChI=1S/C13H21N5/c1-10(9-14)4-3-5-15-13-12-8-11(2)17-18(12)7-6-16-13/h6-8,10H,3-5,9,14H2,1-2H3,(H,15,16). The van der Waals surface area contributed by atoms with Gasteiger partial charge in [-0.15, -0.1) is 0 Å². The van der Waals surface area contributed by atoms with Crippen LogP contribution in [0.15, 0.2) is 18.5 Å². The molecule has 18 heavy (non-hydrogen) atoms. The molecule has 3 N–H and O–H groups in total. The van der Waals surface area contributed by atoms with Crippen molar-refractivity contribution < 1.29 is 0 Å². The average Bonchev–Trinajstić information content (AvgIpc) is 2.75. The molecule has 0 aromatic carbocycles. The fourth-order valence-corrected chi connectivity index (χ4v) is 1.96. The SMILES string of the molecule is Cc1cc2c(NCCCC(C)CN)nccn2n1. The molecule has 5 heteroatoms. The van der Waals surface area contributed by atoms with Crippen LogP contribution in [0, 0.1) is 12.8 Å². The van der Waals surface area contributed by atoms with Crippen LogP contribution in [0.5, 0.6) is 0 Å². The first-order valence-electron chi connectivity index (χ1n) is 6.45. The van der Waals surface area contributed by atoms with E-state index in [1.54, 1.807) is 6.20 Å². The van der Waals surface area contributed by atoms with Crippen molar-refractivity contribution in [2.45, 2.75) is 26.7 Å². The van der Waals surface area contributed by atoms with Gasteiger partial charge in [0, 0.05) is 18.9 Å². The molecule has 0 amide bonds. The quantitative estimate of drug-likeness (QED) is 0.764. The van der Waals surface area contributed by atoms with Gasteiger partial charge in [0.2, 0.25) is 0 Å².